The van der Waals surface area contributed by atoms with Crippen molar-refractivity contribution in [1.82, 2.24) is 25.3 Å². The Morgan fingerprint density at radius 1 is 1.30 bits per heavy atom. The van der Waals surface area contributed by atoms with Crippen LogP contribution in [0.1, 0.15) is 54.3 Å². The van der Waals surface area contributed by atoms with Gasteiger partial charge in [-0.1, -0.05) is 6.92 Å². The molecule has 8 heteroatoms. The van der Waals surface area contributed by atoms with Crippen molar-refractivity contribution in [2.75, 3.05) is 5.32 Å². The third-order valence-corrected chi connectivity index (χ3v) is 4.82. The van der Waals surface area contributed by atoms with Crippen molar-refractivity contribution in [3.05, 3.63) is 41.4 Å². The summed E-state index contributed by atoms with van der Waals surface area (Å²) < 4.78 is 5.71. The molecular weight excluding hydrogens is 344 g/mol. The van der Waals surface area contributed by atoms with Gasteiger partial charge in [0.1, 0.15) is 23.7 Å². The molecule has 1 amide bonds. The number of amides is 1. The second-order valence-electron chi connectivity index (χ2n) is 7.12. The number of carbonyl (C=O) groups excluding carboxylic acids is 1. The number of hydrogen-bond donors (Lipinski definition) is 2. The fraction of sp³-hybridized carbons (Fsp3) is 0.421. The lowest BCUT2D eigenvalue weighted by atomic mass is 10.1. The molecule has 0 unspecified atom stereocenters. The zero-order valence-corrected chi connectivity index (χ0v) is 15.7. The van der Waals surface area contributed by atoms with Crippen molar-refractivity contribution in [3.8, 4) is 0 Å². The highest BCUT2D eigenvalue weighted by atomic mass is 16.3. The van der Waals surface area contributed by atoms with Gasteiger partial charge in [-0.25, -0.2) is 19.9 Å². The molecule has 140 valence electrons. The summed E-state index contributed by atoms with van der Waals surface area (Å²) >= 11 is 0. The van der Waals surface area contributed by atoms with Crippen LogP contribution in [0.2, 0.25) is 0 Å². The van der Waals surface area contributed by atoms with E-state index in [0.717, 1.165) is 30.8 Å². The highest BCUT2D eigenvalue weighted by Gasteiger charge is 2.38. The molecule has 1 aliphatic rings. The van der Waals surface area contributed by atoms with Crippen molar-refractivity contribution in [2.24, 2.45) is 0 Å². The first-order chi connectivity index (χ1) is 13.0. The molecule has 1 aliphatic carbocycles. The third-order valence-electron chi connectivity index (χ3n) is 4.82. The van der Waals surface area contributed by atoms with E-state index in [-0.39, 0.29) is 11.4 Å². The molecular formula is C19H22N6O2. The Labute approximate surface area is 156 Å². The van der Waals surface area contributed by atoms with Gasteiger partial charge in [0.25, 0.3) is 5.91 Å². The van der Waals surface area contributed by atoms with Gasteiger partial charge in [-0.05, 0) is 32.8 Å². The number of rotatable bonds is 6. The third kappa shape index (κ3) is 3.47. The molecule has 27 heavy (non-hydrogen) atoms. The molecule has 8 nitrogen and oxygen atoms in total. The van der Waals surface area contributed by atoms with E-state index < -0.39 is 0 Å². The van der Waals surface area contributed by atoms with E-state index in [9.17, 15) is 4.79 Å². The largest absolute Gasteiger partial charge is 0.442 e. The topological polar surface area (TPSA) is 106 Å². The van der Waals surface area contributed by atoms with Crippen molar-refractivity contribution < 1.29 is 9.21 Å². The SMILES string of the molecule is CCc1nccc(CNC(=O)c2c(C)oc3ncnc(NC4(C)CC4)c23)n1. The summed E-state index contributed by atoms with van der Waals surface area (Å²) in [7, 11) is 0. The van der Waals surface area contributed by atoms with Crippen molar-refractivity contribution in [1.29, 1.82) is 0 Å². The van der Waals surface area contributed by atoms with E-state index in [1.165, 1.54) is 6.33 Å². The Morgan fingerprint density at radius 3 is 2.85 bits per heavy atom. The van der Waals surface area contributed by atoms with Crippen LogP contribution in [0, 0.1) is 6.92 Å². The first-order valence-corrected chi connectivity index (χ1v) is 9.10. The number of aromatic nitrogens is 4. The van der Waals surface area contributed by atoms with Gasteiger partial charge >= 0.3 is 0 Å². The van der Waals surface area contributed by atoms with E-state index in [1.54, 1.807) is 19.2 Å². The minimum atomic E-state index is -0.235. The Hall–Kier alpha value is -3.03. The van der Waals surface area contributed by atoms with Crippen molar-refractivity contribution in [3.63, 3.8) is 0 Å². The average molecular weight is 366 g/mol. The molecule has 0 atom stereocenters. The minimum Gasteiger partial charge on any atom is -0.442 e. The number of carbonyl (C=O) groups is 1. The smallest absolute Gasteiger partial charge is 0.255 e. The summed E-state index contributed by atoms with van der Waals surface area (Å²) in [6, 6.07) is 1.80. The maximum atomic E-state index is 12.9. The summed E-state index contributed by atoms with van der Waals surface area (Å²) in [4.78, 5) is 30.0. The zero-order chi connectivity index (χ0) is 19.0. The van der Waals surface area contributed by atoms with Crippen molar-refractivity contribution in [2.45, 2.75) is 52.1 Å². The van der Waals surface area contributed by atoms with Crippen LogP contribution in [0.4, 0.5) is 5.82 Å². The molecule has 2 N–H and O–H groups in total. The molecule has 3 aromatic rings. The highest BCUT2D eigenvalue weighted by molar-refractivity contribution is 6.10. The standard InChI is InChI=1S/C19H22N6O2/c1-4-13-20-8-5-12(24-13)9-21-17(26)14-11(2)27-18-15(14)16(22-10-23-18)25-19(3)6-7-19/h5,8,10H,4,6-7,9H2,1-3H3,(H,21,26)(H,22,23,25). The van der Waals surface area contributed by atoms with Crippen LogP contribution in [-0.2, 0) is 13.0 Å². The predicted molar refractivity (Wildman–Crippen MR) is 100 cm³/mol. The van der Waals surface area contributed by atoms with Crippen LogP contribution in [0.3, 0.4) is 0 Å². The van der Waals surface area contributed by atoms with Crippen molar-refractivity contribution >= 4 is 22.8 Å². The number of fused-ring (bicyclic) bond motifs is 1. The molecule has 3 aromatic heterocycles. The molecule has 0 radical (unpaired) electrons. The summed E-state index contributed by atoms with van der Waals surface area (Å²) in [5, 5.41) is 6.96. The van der Waals surface area contributed by atoms with Crippen LogP contribution >= 0.6 is 0 Å². The number of anilines is 1. The minimum absolute atomic E-state index is 0.0255. The van der Waals surface area contributed by atoms with Gasteiger partial charge in [0.15, 0.2) is 0 Å². The van der Waals surface area contributed by atoms with Crippen LogP contribution in [0.15, 0.2) is 23.0 Å². The lowest BCUT2D eigenvalue weighted by Crippen LogP contribution is -2.24. The van der Waals surface area contributed by atoms with Gasteiger partial charge in [-0.2, -0.15) is 0 Å². The van der Waals surface area contributed by atoms with E-state index in [0.29, 0.717) is 34.8 Å². The lowest BCUT2D eigenvalue weighted by molar-refractivity contribution is 0.0950. The number of nitrogens with one attached hydrogen (secondary N) is 2. The lowest BCUT2D eigenvalue weighted by Gasteiger charge is -2.13. The number of hydrogen-bond acceptors (Lipinski definition) is 7. The molecule has 0 aliphatic heterocycles. The number of aryl methyl sites for hydroxylation is 2. The van der Waals surface area contributed by atoms with Gasteiger partial charge in [0.2, 0.25) is 5.71 Å². The highest BCUT2D eigenvalue weighted by Crippen LogP contribution is 2.40. The molecule has 3 heterocycles. The van der Waals surface area contributed by atoms with E-state index in [4.69, 9.17) is 4.42 Å². The zero-order valence-electron chi connectivity index (χ0n) is 15.7. The van der Waals surface area contributed by atoms with Gasteiger partial charge in [0, 0.05) is 18.2 Å². The normalized spacial score (nSPS) is 14.9. The summed E-state index contributed by atoms with van der Waals surface area (Å²) in [6.07, 6.45) is 6.05. The van der Waals surface area contributed by atoms with Gasteiger partial charge in [-0.3, -0.25) is 4.79 Å². The Balaban J connectivity index is 1.61. The van der Waals surface area contributed by atoms with E-state index in [1.807, 2.05) is 6.92 Å². The number of furan rings is 1. The molecule has 0 spiro atoms. The maximum absolute atomic E-state index is 12.9. The first kappa shape index (κ1) is 17.4. The number of nitrogens with zero attached hydrogens (tertiary/aromatic N) is 4. The fourth-order valence-corrected chi connectivity index (χ4v) is 2.98. The Kier molecular flexibility index (Phi) is 4.25. The second-order valence-corrected chi connectivity index (χ2v) is 7.12. The quantitative estimate of drug-likeness (QED) is 0.691. The Bertz CT molecular complexity index is 1010. The molecule has 0 aromatic carbocycles. The van der Waals surface area contributed by atoms with Crippen LogP contribution < -0.4 is 10.6 Å². The molecule has 0 saturated heterocycles. The van der Waals surface area contributed by atoms with Gasteiger partial charge in [0.05, 0.1) is 23.2 Å². The fourth-order valence-electron chi connectivity index (χ4n) is 2.98. The summed E-state index contributed by atoms with van der Waals surface area (Å²) in [6.45, 7) is 6.20. The summed E-state index contributed by atoms with van der Waals surface area (Å²) in [5.41, 5.74) is 1.66. The molecule has 0 bridgehead atoms. The second kappa shape index (κ2) is 6.61. The van der Waals surface area contributed by atoms with E-state index >= 15 is 0 Å². The van der Waals surface area contributed by atoms with Crippen LogP contribution in [-0.4, -0.2) is 31.4 Å². The molecule has 1 fully saturated rings. The van der Waals surface area contributed by atoms with E-state index in [2.05, 4.69) is 37.5 Å². The monoisotopic (exact) mass is 366 g/mol. The van der Waals surface area contributed by atoms with Gasteiger partial charge < -0.3 is 15.1 Å². The predicted octanol–water partition coefficient (Wildman–Crippen LogP) is 2.78. The average Bonchev–Trinajstić information content (AvgIpc) is 3.28. The van der Waals surface area contributed by atoms with Crippen LogP contribution in [0.5, 0.6) is 0 Å². The maximum Gasteiger partial charge on any atom is 0.255 e. The summed E-state index contributed by atoms with van der Waals surface area (Å²) in [5.74, 6) is 1.67. The Morgan fingerprint density at radius 2 is 2.11 bits per heavy atom. The van der Waals surface area contributed by atoms with Gasteiger partial charge in [-0.15, -0.1) is 0 Å². The first-order valence-electron chi connectivity index (χ1n) is 9.10. The van der Waals surface area contributed by atoms with Crippen LogP contribution in [0.25, 0.3) is 11.1 Å². The molecule has 1 saturated carbocycles. The molecule has 4 rings (SSSR count).